The van der Waals surface area contributed by atoms with Gasteiger partial charge in [0.25, 0.3) is 0 Å². The van der Waals surface area contributed by atoms with Crippen LogP contribution in [0.2, 0.25) is 0 Å². The second kappa shape index (κ2) is 7.44. The topological polar surface area (TPSA) is 82.3 Å². The van der Waals surface area contributed by atoms with Crippen molar-refractivity contribution in [2.24, 2.45) is 5.73 Å². The molecular formula is C15H20N4O2. The molecule has 2 aromatic rings. The van der Waals surface area contributed by atoms with E-state index in [1.165, 1.54) is 0 Å². The van der Waals surface area contributed by atoms with Crippen LogP contribution in [0.4, 0.5) is 11.6 Å². The lowest BCUT2D eigenvalue weighted by Crippen LogP contribution is -2.10. The van der Waals surface area contributed by atoms with Gasteiger partial charge < -0.3 is 20.5 Å². The van der Waals surface area contributed by atoms with Crippen LogP contribution in [-0.4, -0.2) is 29.7 Å². The molecule has 112 valence electrons. The van der Waals surface area contributed by atoms with Crippen molar-refractivity contribution in [3.8, 4) is 11.6 Å². The Morgan fingerprint density at radius 3 is 2.81 bits per heavy atom. The van der Waals surface area contributed by atoms with Crippen LogP contribution in [0.5, 0.6) is 11.6 Å². The Labute approximate surface area is 124 Å². The summed E-state index contributed by atoms with van der Waals surface area (Å²) in [6, 6.07) is 9.37. The summed E-state index contributed by atoms with van der Waals surface area (Å²) in [6.45, 7) is 5.35. The van der Waals surface area contributed by atoms with Gasteiger partial charge in [-0.1, -0.05) is 6.07 Å². The van der Waals surface area contributed by atoms with E-state index in [1.54, 1.807) is 6.07 Å². The maximum atomic E-state index is 5.49. The van der Waals surface area contributed by atoms with Gasteiger partial charge in [-0.15, -0.1) is 0 Å². The Morgan fingerprint density at radius 2 is 2.05 bits per heavy atom. The zero-order chi connectivity index (χ0) is 15.1. The molecule has 0 bridgehead atoms. The van der Waals surface area contributed by atoms with E-state index in [4.69, 9.17) is 15.2 Å². The summed E-state index contributed by atoms with van der Waals surface area (Å²) in [5.41, 5.74) is 7.11. The van der Waals surface area contributed by atoms with Crippen LogP contribution in [0.3, 0.4) is 0 Å². The van der Waals surface area contributed by atoms with E-state index >= 15 is 0 Å². The lowest BCUT2D eigenvalue weighted by atomic mass is 10.3. The molecule has 3 N–H and O–H groups in total. The van der Waals surface area contributed by atoms with Crippen LogP contribution in [0.1, 0.15) is 12.6 Å². The number of nitrogens with one attached hydrogen (secondary N) is 1. The Balaban J connectivity index is 2.13. The highest BCUT2D eigenvalue weighted by Crippen LogP contribution is 2.21. The van der Waals surface area contributed by atoms with E-state index in [0.717, 1.165) is 17.1 Å². The average molecular weight is 288 g/mol. The van der Waals surface area contributed by atoms with Gasteiger partial charge in [0, 0.05) is 30.1 Å². The van der Waals surface area contributed by atoms with Crippen LogP contribution < -0.4 is 20.5 Å². The third kappa shape index (κ3) is 4.61. The van der Waals surface area contributed by atoms with Crippen molar-refractivity contribution in [1.82, 2.24) is 9.97 Å². The number of anilines is 2. The molecule has 1 heterocycles. The van der Waals surface area contributed by atoms with Crippen molar-refractivity contribution in [3.05, 3.63) is 36.0 Å². The molecule has 0 amide bonds. The first-order chi connectivity index (χ1) is 10.2. The van der Waals surface area contributed by atoms with E-state index < -0.39 is 0 Å². The fourth-order valence-corrected chi connectivity index (χ4v) is 1.79. The number of ether oxygens (including phenoxy) is 2. The minimum absolute atomic E-state index is 0.483. The van der Waals surface area contributed by atoms with Crippen molar-refractivity contribution in [3.63, 3.8) is 0 Å². The fourth-order valence-electron chi connectivity index (χ4n) is 1.79. The van der Waals surface area contributed by atoms with Crippen LogP contribution in [0.15, 0.2) is 30.3 Å². The molecule has 1 aromatic carbocycles. The molecule has 0 unspecified atom stereocenters. The highest BCUT2D eigenvalue weighted by molar-refractivity contribution is 5.56. The van der Waals surface area contributed by atoms with E-state index in [9.17, 15) is 0 Å². The average Bonchev–Trinajstić information content (AvgIpc) is 2.45. The second-order valence-corrected chi connectivity index (χ2v) is 4.39. The molecular weight excluding hydrogens is 268 g/mol. The molecule has 0 radical (unpaired) electrons. The number of rotatable bonds is 7. The third-order valence-electron chi connectivity index (χ3n) is 2.60. The summed E-state index contributed by atoms with van der Waals surface area (Å²) in [6.07, 6.45) is 0. The van der Waals surface area contributed by atoms with Crippen LogP contribution in [-0.2, 0) is 0 Å². The first-order valence-electron chi connectivity index (χ1n) is 6.89. The minimum Gasteiger partial charge on any atom is -0.492 e. The molecule has 6 heteroatoms. The predicted molar refractivity (Wildman–Crippen MR) is 82.2 cm³/mol. The molecule has 0 spiro atoms. The molecule has 0 saturated carbocycles. The highest BCUT2D eigenvalue weighted by Gasteiger charge is 2.04. The quantitative estimate of drug-likeness (QED) is 0.813. The van der Waals surface area contributed by atoms with Gasteiger partial charge >= 0.3 is 0 Å². The molecule has 2 rings (SSSR count). The van der Waals surface area contributed by atoms with Gasteiger partial charge in [-0.2, -0.15) is 4.98 Å². The predicted octanol–water partition coefficient (Wildman–Crippen LogP) is 2.26. The minimum atomic E-state index is 0.483. The van der Waals surface area contributed by atoms with Crippen molar-refractivity contribution in [1.29, 1.82) is 0 Å². The Bertz CT molecular complexity index is 590. The van der Waals surface area contributed by atoms with Crippen LogP contribution >= 0.6 is 0 Å². The molecule has 21 heavy (non-hydrogen) atoms. The van der Waals surface area contributed by atoms with E-state index in [1.807, 2.05) is 38.1 Å². The Morgan fingerprint density at radius 1 is 1.19 bits per heavy atom. The molecule has 6 nitrogen and oxygen atoms in total. The number of hydrogen-bond donors (Lipinski definition) is 2. The number of nitrogens with zero attached hydrogens (tertiary/aromatic N) is 2. The first kappa shape index (κ1) is 15.1. The van der Waals surface area contributed by atoms with Gasteiger partial charge in [-0.3, -0.25) is 0 Å². The van der Waals surface area contributed by atoms with Gasteiger partial charge in [0.15, 0.2) is 0 Å². The monoisotopic (exact) mass is 288 g/mol. The van der Waals surface area contributed by atoms with Gasteiger partial charge in [-0.05, 0) is 26.0 Å². The number of benzene rings is 1. The highest BCUT2D eigenvalue weighted by atomic mass is 16.5. The zero-order valence-electron chi connectivity index (χ0n) is 12.3. The molecule has 0 saturated heterocycles. The van der Waals surface area contributed by atoms with Crippen molar-refractivity contribution >= 4 is 11.6 Å². The number of hydrogen-bond acceptors (Lipinski definition) is 6. The number of aryl methyl sites for hydroxylation is 1. The third-order valence-corrected chi connectivity index (χ3v) is 2.60. The molecule has 1 aromatic heterocycles. The first-order valence-corrected chi connectivity index (χ1v) is 6.89. The second-order valence-electron chi connectivity index (χ2n) is 4.39. The summed E-state index contributed by atoms with van der Waals surface area (Å²) < 4.78 is 10.9. The molecule has 0 aliphatic carbocycles. The van der Waals surface area contributed by atoms with Gasteiger partial charge in [-0.25, -0.2) is 4.98 Å². The summed E-state index contributed by atoms with van der Waals surface area (Å²) in [5, 5.41) is 3.15. The van der Waals surface area contributed by atoms with Gasteiger partial charge in [0.2, 0.25) is 11.8 Å². The van der Waals surface area contributed by atoms with Crippen molar-refractivity contribution in [2.75, 3.05) is 25.1 Å². The van der Waals surface area contributed by atoms with E-state index in [0.29, 0.717) is 31.6 Å². The van der Waals surface area contributed by atoms with E-state index in [2.05, 4.69) is 15.3 Å². The largest absolute Gasteiger partial charge is 0.492 e. The summed E-state index contributed by atoms with van der Waals surface area (Å²) in [7, 11) is 0. The van der Waals surface area contributed by atoms with Crippen molar-refractivity contribution in [2.45, 2.75) is 13.8 Å². The molecule has 0 fully saturated rings. The Kier molecular flexibility index (Phi) is 5.34. The summed E-state index contributed by atoms with van der Waals surface area (Å²) in [4.78, 5) is 8.65. The van der Waals surface area contributed by atoms with Crippen LogP contribution in [0, 0.1) is 6.92 Å². The number of aromatic nitrogens is 2. The number of nitrogens with two attached hydrogens (primary N) is 1. The molecule has 0 atom stereocenters. The SMILES string of the molecule is CCOc1cc(C)nc(Nc2cccc(OCCN)c2)n1. The normalized spacial score (nSPS) is 10.2. The zero-order valence-corrected chi connectivity index (χ0v) is 12.3. The molecule has 0 aliphatic rings. The Hall–Kier alpha value is -2.34. The fraction of sp³-hybridized carbons (Fsp3) is 0.333. The van der Waals surface area contributed by atoms with Crippen LogP contribution in [0.25, 0.3) is 0 Å². The maximum Gasteiger partial charge on any atom is 0.230 e. The van der Waals surface area contributed by atoms with E-state index in [-0.39, 0.29) is 0 Å². The lowest BCUT2D eigenvalue weighted by molar-refractivity contribution is 0.326. The molecule has 0 aliphatic heterocycles. The van der Waals surface area contributed by atoms with Gasteiger partial charge in [0.1, 0.15) is 12.4 Å². The lowest BCUT2D eigenvalue weighted by Gasteiger charge is -2.10. The summed E-state index contributed by atoms with van der Waals surface area (Å²) >= 11 is 0. The summed E-state index contributed by atoms with van der Waals surface area (Å²) in [5.74, 6) is 1.81. The standard InChI is InChI=1S/C15H20N4O2/c1-3-20-14-9-11(2)17-15(19-14)18-12-5-4-6-13(10-12)21-8-7-16/h4-6,9-10H,3,7-8,16H2,1-2H3,(H,17,18,19). The maximum absolute atomic E-state index is 5.49. The van der Waals surface area contributed by atoms with Gasteiger partial charge in [0.05, 0.1) is 6.61 Å². The smallest absolute Gasteiger partial charge is 0.230 e. The van der Waals surface area contributed by atoms with Crippen molar-refractivity contribution < 1.29 is 9.47 Å².